The zero-order valence-electron chi connectivity index (χ0n) is 11.5. The first-order valence-electron chi connectivity index (χ1n) is 6.31. The van der Waals surface area contributed by atoms with Crippen LogP contribution in [0.3, 0.4) is 0 Å². The van der Waals surface area contributed by atoms with Crippen molar-refractivity contribution in [2.24, 2.45) is 5.73 Å². The molecule has 0 heterocycles. The van der Waals surface area contributed by atoms with Gasteiger partial charge in [0.2, 0.25) is 5.91 Å². The number of hydrogen-bond donors (Lipinski definition) is 2. The third-order valence-electron chi connectivity index (χ3n) is 2.44. The van der Waals surface area contributed by atoms with Gasteiger partial charge in [-0.15, -0.1) is 0 Å². The number of nitrogens with one attached hydrogen (secondary N) is 1. The molecule has 0 aliphatic rings. The Bertz CT molecular complexity index is 526. The predicted octanol–water partition coefficient (Wildman–Crippen LogP) is 0.787. The van der Waals surface area contributed by atoms with Crippen LogP contribution < -0.4 is 15.8 Å². The van der Waals surface area contributed by atoms with Crippen LogP contribution in [-0.4, -0.2) is 39.5 Å². The second kappa shape index (κ2) is 7.86. The highest BCUT2D eigenvalue weighted by Gasteiger charge is 2.06. The van der Waals surface area contributed by atoms with Gasteiger partial charge >= 0.3 is 0 Å². The number of rotatable bonds is 8. The summed E-state index contributed by atoms with van der Waals surface area (Å²) < 4.78 is 27.2. The minimum atomic E-state index is -3.01. The minimum Gasteiger partial charge on any atom is -0.492 e. The van der Waals surface area contributed by atoms with Gasteiger partial charge < -0.3 is 15.8 Å². The van der Waals surface area contributed by atoms with Crippen LogP contribution in [0.5, 0.6) is 5.75 Å². The molecule has 0 aliphatic carbocycles. The monoisotopic (exact) mass is 300 g/mol. The quantitative estimate of drug-likeness (QED) is 0.739. The van der Waals surface area contributed by atoms with Gasteiger partial charge in [-0.2, -0.15) is 0 Å². The van der Waals surface area contributed by atoms with Gasteiger partial charge in [0.25, 0.3) is 0 Å². The van der Waals surface area contributed by atoms with Crippen molar-refractivity contribution in [2.75, 3.05) is 30.5 Å². The molecule has 0 spiro atoms. The number of carbonyl (C=O) groups is 1. The molecule has 3 N–H and O–H groups in total. The number of benzene rings is 1. The number of amides is 1. The Balaban J connectivity index is 2.38. The van der Waals surface area contributed by atoms with Gasteiger partial charge in [-0.3, -0.25) is 4.79 Å². The van der Waals surface area contributed by atoms with E-state index in [0.29, 0.717) is 31.0 Å². The molecule has 1 amide bonds. The zero-order chi connectivity index (χ0) is 15.0. The largest absolute Gasteiger partial charge is 0.492 e. The van der Waals surface area contributed by atoms with E-state index in [2.05, 4.69) is 5.32 Å². The van der Waals surface area contributed by atoms with E-state index in [4.69, 9.17) is 10.5 Å². The maximum atomic E-state index is 11.6. The van der Waals surface area contributed by atoms with Crippen LogP contribution in [0.1, 0.15) is 12.8 Å². The van der Waals surface area contributed by atoms with Crippen molar-refractivity contribution in [1.82, 2.24) is 0 Å². The van der Waals surface area contributed by atoms with Gasteiger partial charge in [-0.1, -0.05) is 0 Å². The molecule has 0 saturated heterocycles. The molecular weight excluding hydrogens is 280 g/mol. The van der Waals surface area contributed by atoms with Crippen molar-refractivity contribution < 1.29 is 17.9 Å². The van der Waals surface area contributed by atoms with Crippen molar-refractivity contribution in [1.29, 1.82) is 0 Å². The Labute approximate surface area is 119 Å². The van der Waals surface area contributed by atoms with Gasteiger partial charge in [0.1, 0.15) is 22.2 Å². The summed E-state index contributed by atoms with van der Waals surface area (Å²) in [6.07, 6.45) is 1.66. The van der Waals surface area contributed by atoms with Crippen LogP contribution >= 0.6 is 0 Å². The van der Waals surface area contributed by atoms with Crippen LogP contribution in [0.15, 0.2) is 24.3 Å². The molecule has 1 rings (SSSR count). The topological polar surface area (TPSA) is 98.5 Å². The van der Waals surface area contributed by atoms with Crippen molar-refractivity contribution in [3.05, 3.63) is 24.3 Å². The van der Waals surface area contributed by atoms with Gasteiger partial charge in [0.05, 0.1) is 5.75 Å². The van der Waals surface area contributed by atoms with Crippen LogP contribution in [0.4, 0.5) is 5.69 Å². The summed E-state index contributed by atoms with van der Waals surface area (Å²) in [5, 5.41) is 2.70. The predicted molar refractivity (Wildman–Crippen MR) is 78.6 cm³/mol. The lowest BCUT2D eigenvalue weighted by molar-refractivity contribution is -0.116. The Morgan fingerprint density at radius 2 is 1.95 bits per heavy atom. The van der Waals surface area contributed by atoms with Gasteiger partial charge in [-0.05, 0) is 30.7 Å². The first kappa shape index (κ1) is 16.5. The van der Waals surface area contributed by atoms with Crippen LogP contribution in [0.25, 0.3) is 0 Å². The molecule has 0 bridgehead atoms. The second-order valence-electron chi connectivity index (χ2n) is 4.44. The number of anilines is 1. The molecule has 20 heavy (non-hydrogen) atoms. The summed E-state index contributed by atoms with van der Waals surface area (Å²) in [5.74, 6) is 0.501. The fraction of sp³-hybridized carbons (Fsp3) is 0.462. The summed E-state index contributed by atoms with van der Waals surface area (Å²) >= 11 is 0. The molecule has 0 aromatic heterocycles. The van der Waals surface area contributed by atoms with E-state index in [1.165, 1.54) is 0 Å². The minimum absolute atomic E-state index is 0.0201. The van der Waals surface area contributed by atoms with Crippen molar-refractivity contribution in [3.63, 3.8) is 0 Å². The summed E-state index contributed by atoms with van der Waals surface area (Å²) in [6, 6.07) is 6.92. The molecule has 1 aromatic rings. The van der Waals surface area contributed by atoms with Crippen molar-refractivity contribution >= 4 is 21.4 Å². The van der Waals surface area contributed by atoms with E-state index >= 15 is 0 Å². The Morgan fingerprint density at radius 3 is 2.50 bits per heavy atom. The summed E-state index contributed by atoms with van der Waals surface area (Å²) in [5.41, 5.74) is 5.97. The second-order valence-corrected chi connectivity index (χ2v) is 6.70. The van der Waals surface area contributed by atoms with Crippen LogP contribution in [0, 0.1) is 0 Å². The summed E-state index contributed by atoms with van der Waals surface area (Å²) in [6.45, 7) is 0.885. The molecular formula is C13H20N2O4S. The molecule has 0 atom stereocenters. The van der Waals surface area contributed by atoms with E-state index in [0.717, 1.165) is 6.26 Å². The van der Waals surface area contributed by atoms with Crippen molar-refractivity contribution in [2.45, 2.75) is 12.8 Å². The standard InChI is InChI=1S/C13H20N2O4S/c1-20(17,18)10-2-3-13(16)15-11-4-6-12(7-5-11)19-9-8-14/h4-7H,2-3,8-10,14H2,1H3,(H,15,16). The normalized spacial score (nSPS) is 11.1. The first-order valence-corrected chi connectivity index (χ1v) is 8.37. The Morgan fingerprint density at radius 1 is 1.30 bits per heavy atom. The summed E-state index contributed by atoms with van der Waals surface area (Å²) in [7, 11) is -3.01. The van der Waals surface area contributed by atoms with Gasteiger partial charge in [0, 0.05) is 24.9 Å². The van der Waals surface area contributed by atoms with E-state index < -0.39 is 9.84 Å². The molecule has 0 fully saturated rings. The summed E-state index contributed by atoms with van der Waals surface area (Å²) in [4.78, 5) is 11.6. The average molecular weight is 300 g/mol. The fourth-order valence-electron chi connectivity index (χ4n) is 1.53. The maximum absolute atomic E-state index is 11.6. The van der Waals surface area contributed by atoms with E-state index in [1.54, 1.807) is 24.3 Å². The van der Waals surface area contributed by atoms with E-state index in [-0.39, 0.29) is 18.1 Å². The highest BCUT2D eigenvalue weighted by Crippen LogP contribution is 2.15. The number of ether oxygens (including phenoxy) is 1. The highest BCUT2D eigenvalue weighted by atomic mass is 32.2. The molecule has 112 valence electrons. The van der Waals surface area contributed by atoms with Crippen molar-refractivity contribution in [3.8, 4) is 5.75 Å². The maximum Gasteiger partial charge on any atom is 0.224 e. The number of carbonyl (C=O) groups excluding carboxylic acids is 1. The molecule has 0 radical (unpaired) electrons. The molecule has 0 aliphatic heterocycles. The lowest BCUT2D eigenvalue weighted by Crippen LogP contribution is -2.13. The number of nitrogens with two attached hydrogens (primary N) is 1. The molecule has 1 aromatic carbocycles. The number of sulfone groups is 1. The van der Waals surface area contributed by atoms with E-state index in [1.807, 2.05) is 0 Å². The molecule has 0 saturated carbocycles. The average Bonchev–Trinajstić information content (AvgIpc) is 2.36. The van der Waals surface area contributed by atoms with E-state index in [9.17, 15) is 13.2 Å². The van der Waals surface area contributed by atoms with Crippen LogP contribution in [-0.2, 0) is 14.6 Å². The zero-order valence-corrected chi connectivity index (χ0v) is 12.3. The molecule has 6 nitrogen and oxygen atoms in total. The van der Waals surface area contributed by atoms with Crippen LogP contribution in [0.2, 0.25) is 0 Å². The van der Waals surface area contributed by atoms with Gasteiger partial charge in [-0.25, -0.2) is 8.42 Å². The van der Waals surface area contributed by atoms with Gasteiger partial charge in [0.15, 0.2) is 0 Å². The third kappa shape index (κ3) is 7.10. The third-order valence-corrected chi connectivity index (χ3v) is 3.47. The Hall–Kier alpha value is -1.60. The number of hydrogen-bond acceptors (Lipinski definition) is 5. The highest BCUT2D eigenvalue weighted by molar-refractivity contribution is 7.90. The molecule has 0 unspecified atom stereocenters. The smallest absolute Gasteiger partial charge is 0.224 e. The lowest BCUT2D eigenvalue weighted by atomic mass is 10.2. The lowest BCUT2D eigenvalue weighted by Gasteiger charge is -2.07. The first-order chi connectivity index (χ1) is 9.40. The fourth-order valence-corrected chi connectivity index (χ4v) is 2.20. The molecule has 7 heteroatoms. The Kier molecular flexibility index (Phi) is 6.47. The SMILES string of the molecule is CS(=O)(=O)CCCC(=O)Nc1ccc(OCCN)cc1.